The molecule has 1 aliphatic heterocycles. The average Bonchev–Trinajstić information content (AvgIpc) is 3.24. The smallest absolute Gasteiger partial charge is 0.289 e. The predicted octanol–water partition coefficient (Wildman–Crippen LogP) is 7.09. The third kappa shape index (κ3) is 4.02. The molecule has 1 fully saturated rings. The fraction of sp³-hybridized carbons (Fsp3) is 0.0476. The minimum absolute atomic E-state index is 0.178. The lowest BCUT2D eigenvalue weighted by Gasteiger charge is -2.02. The van der Waals surface area contributed by atoms with E-state index in [2.05, 4.69) is 10.3 Å². The van der Waals surface area contributed by atoms with Crippen LogP contribution in [0.2, 0.25) is 10.0 Å². The van der Waals surface area contributed by atoms with Crippen molar-refractivity contribution in [3.05, 3.63) is 80.9 Å². The van der Waals surface area contributed by atoms with Gasteiger partial charge in [-0.05, 0) is 66.7 Å². The first kappa shape index (κ1) is 18.9. The number of benzene rings is 2. The van der Waals surface area contributed by atoms with Gasteiger partial charge in [0.05, 0.1) is 20.6 Å². The number of hydrogen-bond acceptors (Lipinski definition) is 4. The molecule has 140 valence electrons. The molecule has 0 bridgehead atoms. The summed E-state index contributed by atoms with van der Waals surface area (Å²) in [7, 11) is 0. The summed E-state index contributed by atoms with van der Waals surface area (Å²) in [4.78, 5) is 17.1. The molecule has 3 aromatic rings. The lowest BCUT2D eigenvalue weighted by Crippen LogP contribution is -2.18. The molecule has 2 heterocycles. The molecule has 0 unspecified atom stereocenters. The van der Waals surface area contributed by atoms with Crippen LogP contribution in [0.25, 0.3) is 17.4 Å². The summed E-state index contributed by atoms with van der Waals surface area (Å²) in [6, 6.07) is 16.8. The Kier molecular flexibility index (Phi) is 5.31. The van der Waals surface area contributed by atoms with Crippen molar-refractivity contribution in [3.8, 4) is 11.3 Å². The summed E-state index contributed by atoms with van der Waals surface area (Å²) in [5.41, 5.74) is 2.58. The van der Waals surface area contributed by atoms with Crippen molar-refractivity contribution in [3.63, 3.8) is 0 Å². The van der Waals surface area contributed by atoms with E-state index in [1.807, 2.05) is 55.5 Å². The summed E-state index contributed by atoms with van der Waals surface area (Å²) < 4.78 is 5.89. The Balaban J connectivity index is 1.67. The lowest BCUT2D eigenvalue weighted by atomic mass is 10.2. The molecule has 1 saturated heterocycles. The molecule has 1 N–H and O–H groups in total. The van der Waals surface area contributed by atoms with E-state index in [-0.39, 0.29) is 5.24 Å². The Bertz CT molecular complexity index is 1130. The number of amidine groups is 1. The second-order valence-corrected chi connectivity index (χ2v) is 7.93. The third-order valence-corrected chi connectivity index (χ3v) is 5.65. The molecule has 0 aliphatic carbocycles. The van der Waals surface area contributed by atoms with Crippen LogP contribution in [-0.2, 0) is 0 Å². The van der Waals surface area contributed by atoms with Gasteiger partial charge in [-0.15, -0.1) is 0 Å². The number of furan rings is 1. The van der Waals surface area contributed by atoms with Gasteiger partial charge in [-0.2, -0.15) is 0 Å². The fourth-order valence-corrected chi connectivity index (χ4v) is 3.85. The maximum absolute atomic E-state index is 11.9. The maximum Gasteiger partial charge on any atom is 0.289 e. The molecule has 2 aromatic carbocycles. The number of aryl methyl sites for hydroxylation is 1. The number of carbonyl (C=O) groups is 1. The zero-order chi connectivity index (χ0) is 19.7. The molecule has 1 aromatic heterocycles. The van der Waals surface area contributed by atoms with Gasteiger partial charge in [0.15, 0.2) is 0 Å². The Hall–Kier alpha value is -2.47. The monoisotopic (exact) mass is 428 g/mol. The summed E-state index contributed by atoms with van der Waals surface area (Å²) in [5, 5.41) is 3.49. The van der Waals surface area contributed by atoms with Gasteiger partial charge in [-0.3, -0.25) is 4.79 Å². The second-order valence-electron chi connectivity index (χ2n) is 6.13. The number of hydrogen-bond donors (Lipinski definition) is 1. The molecule has 0 saturated carbocycles. The molecule has 0 spiro atoms. The van der Waals surface area contributed by atoms with Gasteiger partial charge in [0.25, 0.3) is 5.24 Å². The van der Waals surface area contributed by atoms with Crippen molar-refractivity contribution >= 4 is 57.8 Å². The highest BCUT2D eigenvalue weighted by molar-refractivity contribution is 8.18. The van der Waals surface area contributed by atoms with E-state index in [4.69, 9.17) is 27.6 Å². The van der Waals surface area contributed by atoms with Gasteiger partial charge in [0.1, 0.15) is 17.4 Å². The zero-order valence-corrected chi connectivity index (χ0v) is 17.0. The highest BCUT2D eigenvalue weighted by atomic mass is 35.5. The number of amides is 1. The van der Waals surface area contributed by atoms with Crippen molar-refractivity contribution in [2.24, 2.45) is 4.99 Å². The van der Waals surface area contributed by atoms with E-state index in [0.29, 0.717) is 37.9 Å². The summed E-state index contributed by atoms with van der Waals surface area (Å²) in [5.74, 6) is 1.68. The molecular weight excluding hydrogens is 415 g/mol. The van der Waals surface area contributed by atoms with E-state index >= 15 is 0 Å². The van der Waals surface area contributed by atoms with Crippen LogP contribution in [0, 0.1) is 6.92 Å². The SMILES string of the molecule is Cc1cccc(N=C2NC(=O)SC2=Cc2ccc(-c3cccc(Cl)c3Cl)o2)c1. The number of nitrogens with one attached hydrogen (secondary N) is 1. The van der Waals surface area contributed by atoms with E-state index in [0.717, 1.165) is 23.0 Å². The van der Waals surface area contributed by atoms with Crippen LogP contribution < -0.4 is 5.32 Å². The first-order chi connectivity index (χ1) is 13.5. The van der Waals surface area contributed by atoms with Gasteiger partial charge >= 0.3 is 0 Å². The van der Waals surface area contributed by atoms with Gasteiger partial charge < -0.3 is 9.73 Å². The van der Waals surface area contributed by atoms with Gasteiger partial charge in [0, 0.05) is 5.56 Å². The molecule has 1 amide bonds. The van der Waals surface area contributed by atoms with Crippen LogP contribution in [0.5, 0.6) is 0 Å². The first-order valence-electron chi connectivity index (χ1n) is 8.40. The van der Waals surface area contributed by atoms with Crippen LogP contribution in [0.1, 0.15) is 11.3 Å². The third-order valence-electron chi connectivity index (χ3n) is 4.02. The number of carbonyl (C=O) groups excluding carboxylic acids is 1. The van der Waals surface area contributed by atoms with Crippen molar-refractivity contribution < 1.29 is 9.21 Å². The van der Waals surface area contributed by atoms with Crippen molar-refractivity contribution in [2.45, 2.75) is 6.92 Å². The standard InChI is InChI=1S/C21H14Cl2N2O2S/c1-12-4-2-5-13(10-12)24-20-18(28-21(26)25-20)11-14-8-9-17(27-14)15-6-3-7-16(22)19(15)23/h2-11H,1H3,(H,24,25,26). The van der Waals surface area contributed by atoms with Crippen LogP contribution in [0.4, 0.5) is 10.5 Å². The Labute approximate surface area is 176 Å². The number of rotatable bonds is 3. The van der Waals surface area contributed by atoms with Crippen LogP contribution in [0.3, 0.4) is 0 Å². The molecule has 28 heavy (non-hydrogen) atoms. The molecule has 4 nitrogen and oxygen atoms in total. The van der Waals surface area contributed by atoms with Gasteiger partial charge in [-0.1, -0.05) is 41.4 Å². The highest BCUT2D eigenvalue weighted by Crippen LogP contribution is 2.35. The minimum Gasteiger partial charge on any atom is -0.457 e. The Morgan fingerprint density at radius 3 is 2.75 bits per heavy atom. The number of aliphatic imine (C=N–C) groups is 1. The van der Waals surface area contributed by atoms with E-state index in [1.165, 1.54) is 0 Å². The molecular formula is C21H14Cl2N2O2S. The minimum atomic E-state index is -0.178. The van der Waals surface area contributed by atoms with Crippen molar-refractivity contribution in [1.29, 1.82) is 0 Å². The molecule has 0 atom stereocenters. The lowest BCUT2D eigenvalue weighted by molar-refractivity contribution is 0.265. The summed E-state index contributed by atoms with van der Waals surface area (Å²) in [6.07, 6.45) is 1.78. The topological polar surface area (TPSA) is 54.6 Å². The largest absolute Gasteiger partial charge is 0.457 e. The number of thioether (sulfide) groups is 1. The fourth-order valence-electron chi connectivity index (χ4n) is 2.74. The number of halogens is 2. The van der Waals surface area contributed by atoms with Gasteiger partial charge in [-0.25, -0.2) is 4.99 Å². The number of nitrogens with zero attached hydrogens (tertiary/aromatic N) is 1. The molecule has 4 rings (SSSR count). The Morgan fingerprint density at radius 2 is 1.93 bits per heavy atom. The average molecular weight is 429 g/mol. The zero-order valence-electron chi connectivity index (χ0n) is 14.7. The summed E-state index contributed by atoms with van der Waals surface area (Å²) >= 11 is 13.4. The van der Waals surface area contributed by atoms with E-state index in [9.17, 15) is 4.79 Å². The first-order valence-corrected chi connectivity index (χ1v) is 9.97. The van der Waals surface area contributed by atoms with Crippen molar-refractivity contribution in [2.75, 3.05) is 0 Å². The van der Waals surface area contributed by atoms with Crippen LogP contribution in [-0.4, -0.2) is 11.1 Å². The molecule has 1 aliphatic rings. The van der Waals surface area contributed by atoms with E-state index in [1.54, 1.807) is 12.1 Å². The van der Waals surface area contributed by atoms with Crippen LogP contribution >= 0.6 is 35.0 Å². The summed E-state index contributed by atoms with van der Waals surface area (Å²) in [6.45, 7) is 1.99. The molecule has 0 radical (unpaired) electrons. The maximum atomic E-state index is 11.9. The quantitative estimate of drug-likeness (QED) is 0.484. The second kappa shape index (κ2) is 7.87. The van der Waals surface area contributed by atoms with Crippen LogP contribution in [0.15, 0.2) is 68.9 Å². The highest BCUT2D eigenvalue weighted by Gasteiger charge is 2.24. The van der Waals surface area contributed by atoms with Gasteiger partial charge in [0.2, 0.25) is 0 Å². The predicted molar refractivity (Wildman–Crippen MR) is 117 cm³/mol. The van der Waals surface area contributed by atoms with Crippen molar-refractivity contribution in [1.82, 2.24) is 5.32 Å². The Morgan fingerprint density at radius 1 is 1.11 bits per heavy atom. The molecule has 7 heteroatoms. The normalized spacial score (nSPS) is 16.8. The van der Waals surface area contributed by atoms with E-state index < -0.39 is 0 Å².